The molecule has 0 aromatic carbocycles. The van der Waals surface area contributed by atoms with Crippen LogP contribution in [0.3, 0.4) is 0 Å². The van der Waals surface area contributed by atoms with Crippen LogP contribution in [0.4, 0.5) is 4.39 Å². The Morgan fingerprint density at radius 3 is 2.87 bits per heavy atom. The largest absolute Gasteiger partial charge is 0.462 e. The molecule has 1 rings (SSSR count). The fourth-order valence-corrected chi connectivity index (χ4v) is 1.00. The van der Waals surface area contributed by atoms with Gasteiger partial charge in [0.25, 0.3) is 0 Å². The average molecular weight is 210 g/mol. The normalized spacial score (nSPS) is 11.2. The Morgan fingerprint density at radius 1 is 1.67 bits per heavy atom. The first-order valence-corrected chi connectivity index (χ1v) is 4.40. The number of pyridine rings is 1. The molecule has 15 heavy (non-hydrogen) atoms. The number of carbonyl (C=O) groups excluding carboxylic acids is 1. The minimum Gasteiger partial charge on any atom is -0.462 e. The van der Waals surface area contributed by atoms with Crippen molar-refractivity contribution in [2.45, 2.75) is 6.92 Å². The maximum Gasteiger partial charge on any atom is 0.341 e. The van der Waals surface area contributed by atoms with E-state index in [0.717, 1.165) is 12.4 Å². The molecular formula is C10H11FN2O2. The van der Waals surface area contributed by atoms with E-state index in [4.69, 9.17) is 10.5 Å². The van der Waals surface area contributed by atoms with Gasteiger partial charge < -0.3 is 10.5 Å². The van der Waals surface area contributed by atoms with E-state index in [0.29, 0.717) is 0 Å². The van der Waals surface area contributed by atoms with Crippen LogP contribution in [0, 0.1) is 5.82 Å². The molecule has 1 aromatic heterocycles. The topological polar surface area (TPSA) is 65.2 Å². The van der Waals surface area contributed by atoms with E-state index in [1.165, 1.54) is 12.1 Å². The Kier molecular flexibility index (Phi) is 3.79. The maximum atomic E-state index is 12.6. The highest BCUT2D eigenvalue weighted by molar-refractivity contribution is 6.15. The van der Waals surface area contributed by atoms with Crippen LogP contribution in [0.15, 0.2) is 24.5 Å². The lowest BCUT2D eigenvalue weighted by atomic mass is 10.2. The van der Waals surface area contributed by atoms with Crippen molar-refractivity contribution in [3.8, 4) is 0 Å². The second kappa shape index (κ2) is 5.09. The van der Waals surface area contributed by atoms with E-state index < -0.39 is 11.8 Å². The third kappa shape index (κ3) is 2.77. The van der Waals surface area contributed by atoms with Crippen molar-refractivity contribution in [2.75, 3.05) is 6.61 Å². The molecule has 0 saturated carbocycles. The molecule has 2 N–H and O–H groups in total. The van der Waals surface area contributed by atoms with E-state index in [-0.39, 0.29) is 17.9 Å². The van der Waals surface area contributed by atoms with Gasteiger partial charge in [-0.3, -0.25) is 4.98 Å². The van der Waals surface area contributed by atoms with Crippen molar-refractivity contribution in [1.29, 1.82) is 0 Å². The van der Waals surface area contributed by atoms with Gasteiger partial charge in [0.2, 0.25) is 0 Å². The van der Waals surface area contributed by atoms with Gasteiger partial charge in [0.15, 0.2) is 0 Å². The van der Waals surface area contributed by atoms with Crippen LogP contribution in [0.2, 0.25) is 0 Å². The summed E-state index contributed by atoms with van der Waals surface area (Å²) in [6.45, 7) is 1.93. The van der Waals surface area contributed by atoms with Crippen molar-refractivity contribution >= 4 is 11.5 Å². The van der Waals surface area contributed by atoms with E-state index in [2.05, 4.69) is 4.98 Å². The van der Waals surface area contributed by atoms with Gasteiger partial charge in [-0.2, -0.15) is 0 Å². The van der Waals surface area contributed by atoms with Crippen molar-refractivity contribution in [3.05, 3.63) is 36.0 Å². The SMILES string of the molecule is CCOC(=O)/C(=C/N)c1ccc(F)cn1. The highest BCUT2D eigenvalue weighted by Gasteiger charge is 2.13. The van der Waals surface area contributed by atoms with Gasteiger partial charge in [-0.1, -0.05) is 0 Å². The molecule has 0 fully saturated rings. The molecule has 0 aliphatic rings. The van der Waals surface area contributed by atoms with Crippen LogP contribution in [-0.2, 0) is 9.53 Å². The number of hydrogen-bond acceptors (Lipinski definition) is 4. The molecule has 0 bridgehead atoms. The van der Waals surface area contributed by atoms with E-state index in [9.17, 15) is 9.18 Å². The molecule has 0 aliphatic carbocycles. The molecule has 0 radical (unpaired) electrons. The number of aromatic nitrogens is 1. The zero-order chi connectivity index (χ0) is 11.3. The monoisotopic (exact) mass is 210 g/mol. The van der Waals surface area contributed by atoms with E-state index in [1.807, 2.05) is 0 Å². The zero-order valence-electron chi connectivity index (χ0n) is 8.24. The lowest BCUT2D eigenvalue weighted by molar-refractivity contribution is -0.136. The Morgan fingerprint density at radius 2 is 2.40 bits per heavy atom. The van der Waals surface area contributed by atoms with Crippen LogP contribution >= 0.6 is 0 Å². The summed E-state index contributed by atoms with van der Waals surface area (Å²) in [6.07, 6.45) is 2.11. The average Bonchev–Trinajstić information content (AvgIpc) is 2.22. The number of rotatable bonds is 3. The molecule has 1 aromatic rings. The summed E-state index contributed by atoms with van der Waals surface area (Å²) in [5.74, 6) is -1.04. The minimum absolute atomic E-state index is 0.122. The lowest BCUT2D eigenvalue weighted by Crippen LogP contribution is -2.09. The lowest BCUT2D eigenvalue weighted by Gasteiger charge is -2.04. The predicted octanol–water partition coefficient (Wildman–Crippen LogP) is 1.08. The third-order valence-electron chi connectivity index (χ3n) is 1.67. The van der Waals surface area contributed by atoms with Crippen LogP contribution in [0.25, 0.3) is 5.57 Å². The van der Waals surface area contributed by atoms with Gasteiger partial charge in [-0.15, -0.1) is 0 Å². The quantitative estimate of drug-likeness (QED) is 0.599. The number of nitrogens with two attached hydrogens (primary N) is 1. The molecule has 1 heterocycles. The van der Waals surface area contributed by atoms with Crippen LogP contribution in [0.5, 0.6) is 0 Å². The number of halogens is 1. The van der Waals surface area contributed by atoms with Gasteiger partial charge >= 0.3 is 5.97 Å². The molecule has 0 amide bonds. The molecule has 0 aliphatic heterocycles. The summed E-state index contributed by atoms with van der Waals surface area (Å²) in [5, 5.41) is 0. The van der Waals surface area contributed by atoms with Crippen molar-refractivity contribution in [1.82, 2.24) is 4.98 Å². The fraction of sp³-hybridized carbons (Fsp3) is 0.200. The Labute approximate surface area is 86.6 Å². The van der Waals surface area contributed by atoms with E-state index >= 15 is 0 Å². The molecule has 4 nitrogen and oxygen atoms in total. The van der Waals surface area contributed by atoms with Gasteiger partial charge in [0.1, 0.15) is 11.4 Å². The summed E-state index contributed by atoms with van der Waals surface area (Å²) >= 11 is 0. The number of ether oxygens (including phenoxy) is 1. The molecule has 0 saturated heterocycles. The minimum atomic E-state index is -0.570. The molecule has 0 atom stereocenters. The highest BCUT2D eigenvalue weighted by atomic mass is 19.1. The standard InChI is InChI=1S/C10H11FN2O2/c1-2-15-10(14)8(5-12)9-4-3-7(11)6-13-9/h3-6H,2,12H2,1H3/b8-5+. The fourth-order valence-electron chi connectivity index (χ4n) is 1.00. The molecular weight excluding hydrogens is 199 g/mol. The smallest absolute Gasteiger partial charge is 0.341 e. The van der Waals surface area contributed by atoms with Crippen LogP contribution in [-0.4, -0.2) is 17.6 Å². The number of esters is 1. The third-order valence-corrected chi connectivity index (χ3v) is 1.67. The molecule has 0 unspecified atom stereocenters. The van der Waals surface area contributed by atoms with E-state index in [1.54, 1.807) is 6.92 Å². The summed E-state index contributed by atoms with van der Waals surface area (Å²) in [4.78, 5) is 15.1. The molecule has 0 spiro atoms. The van der Waals surface area contributed by atoms with Crippen LogP contribution < -0.4 is 5.73 Å². The first kappa shape index (κ1) is 11.2. The van der Waals surface area contributed by atoms with Gasteiger partial charge in [-0.05, 0) is 19.1 Å². The summed E-state index contributed by atoms with van der Waals surface area (Å²) < 4.78 is 17.3. The highest BCUT2D eigenvalue weighted by Crippen LogP contribution is 2.12. The van der Waals surface area contributed by atoms with Crippen LogP contribution in [0.1, 0.15) is 12.6 Å². The first-order chi connectivity index (χ1) is 7.19. The Bertz CT molecular complexity index is 374. The van der Waals surface area contributed by atoms with Gasteiger partial charge in [0.05, 0.1) is 18.5 Å². The number of nitrogens with zero attached hydrogens (tertiary/aromatic N) is 1. The van der Waals surface area contributed by atoms with Gasteiger partial charge in [-0.25, -0.2) is 9.18 Å². The zero-order valence-corrected chi connectivity index (χ0v) is 8.24. The second-order valence-electron chi connectivity index (χ2n) is 2.66. The first-order valence-electron chi connectivity index (χ1n) is 4.40. The predicted molar refractivity (Wildman–Crippen MR) is 53.0 cm³/mol. The van der Waals surface area contributed by atoms with Crippen molar-refractivity contribution in [2.24, 2.45) is 5.73 Å². The Hall–Kier alpha value is -1.91. The summed E-state index contributed by atoms with van der Waals surface area (Å²) in [5.41, 5.74) is 5.69. The Balaban J connectivity index is 2.94. The summed E-state index contributed by atoms with van der Waals surface area (Å²) in [7, 11) is 0. The van der Waals surface area contributed by atoms with Gasteiger partial charge in [0, 0.05) is 6.20 Å². The second-order valence-corrected chi connectivity index (χ2v) is 2.66. The van der Waals surface area contributed by atoms with Crippen molar-refractivity contribution < 1.29 is 13.9 Å². The van der Waals surface area contributed by atoms with Crippen molar-refractivity contribution in [3.63, 3.8) is 0 Å². The summed E-state index contributed by atoms with van der Waals surface area (Å²) in [6, 6.07) is 2.57. The number of carbonyl (C=O) groups is 1. The maximum absolute atomic E-state index is 12.6. The molecule has 80 valence electrons. The number of hydrogen-bond donors (Lipinski definition) is 1. The molecule has 5 heteroatoms.